The summed E-state index contributed by atoms with van der Waals surface area (Å²) < 4.78 is 23.9. The van der Waals surface area contributed by atoms with Gasteiger partial charge in [0.15, 0.2) is 6.20 Å². The molecule has 0 bridgehead atoms. The van der Waals surface area contributed by atoms with Crippen molar-refractivity contribution in [1.82, 2.24) is 0 Å². The minimum atomic E-state index is -2.44. The van der Waals surface area contributed by atoms with Crippen LogP contribution in [0, 0.1) is 0 Å². The van der Waals surface area contributed by atoms with Gasteiger partial charge in [-0.25, -0.2) is 9.13 Å². The Morgan fingerprint density at radius 3 is 2.94 bits per heavy atom. The molecular weight excluding hydrogens is 249 g/mol. The zero-order valence-electron chi connectivity index (χ0n) is 10.6. The van der Waals surface area contributed by atoms with Crippen LogP contribution in [0.2, 0.25) is 0 Å². The Bertz CT molecular complexity index is 571. The van der Waals surface area contributed by atoms with E-state index in [1.54, 1.807) is 6.07 Å². The third-order valence-electron chi connectivity index (χ3n) is 2.59. The lowest BCUT2D eigenvalue weighted by Gasteiger charge is -2.06. The van der Waals surface area contributed by atoms with Gasteiger partial charge >= 0.3 is 8.25 Å². The molecule has 1 atom stereocenters. The van der Waals surface area contributed by atoms with Crippen molar-refractivity contribution in [3.63, 3.8) is 0 Å². The molecule has 0 amide bonds. The van der Waals surface area contributed by atoms with E-state index in [1.165, 1.54) is 0 Å². The Balaban J connectivity index is 2.19. The van der Waals surface area contributed by atoms with Crippen LogP contribution in [-0.2, 0) is 16.1 Å². The maximum absolute atomic E-state index is 11.5. The summed E-state index contributed by atoms with van der Waals surface area (Å²) in [4.78, 5) is 0. The Hall–Kier alpha value is -1.38. The van der Waals surface area contributed by atoms with Crippen molar-refractivity contribution in [3.8, 4) is 5.75 Å². The summed E-state index contributed by atoms with van der Waals surface area (Å²) in [5, 5.41) is 1.11. The molecule has 1 aromatic carbocycles. The number of hydrogen-bond acceptors (Lipinski definition) is 3. The highest BCUT2D eigenvalue weighted by Crippen LogP contribution is 2.29. The van der Waals surface area contributed by atoms with Crippen molar-refractivity contribution in [2.24, 2.45) is 7.05 Å². The molecule has 0 saturated heterocycles. The SMILES string of the molecule is CCCO[PH](=O)Oc1ccc2ccc[n+](C)c2c1. The first-order chi connectivity index (χ1) is 8.70. The first-order valence-electron chi connectivity index (χ1n) is 5.93. The first kappa shape index (κ1) is 13.1. The van der Waals surface area contributed by atoms with Gasteiger partial charge in [0.25, 0.3) is 0 Å². The van der Waals surface area contributed by atoms with Crippen LogP contribution in [0.1, 0.15) is 13.3 Å². The second-order valence-corrected chi connectivity index (χ2v) is 5.03. The van der Waals surface area contributed by atoms with Crippen LogP contribution in [0.15, 0.2) is 36.5 Å². The van der Waals surface area contributed by atoms with Gasteiger partial charge in [-0.3, -0.25) is 0 Å². The largest absolute Gasteiger partial charge is 0.426 e. The molecule has 0 fully saturated rings. The number of pyridine rings is 1. The van der Waals surface area contributed by atoms with Gasteiger partial charge in [-0.05, 0) is 24.6 Å². The van der Waals surface area contributed by atoms with Crippen LogP contribution in [0.5, 0.6) is 5.75 Å². The molecule has 0 aliphatic carbocycles. The van der Waals surface area contributed by atoms with Gasteiger partial charge in [0.05, 0.1) is 12.7 Å². The lowest BCUT2D eigenvalue weighted by molar-refractivity contribution is -0.644. The number of hydrogen-bond donors (Lipinski definition) is 0. The number of rotatable bonds is 5. The normalized spacial score (nSPS) is 12.6. The summed E-state index contributed by atoms with van der Waals surface area (Å²) in [5.41, 5.74) is 1.03. The fraction of sp³-hybridized carbons (Fsp3) is 0.308. The first-order valence-corrected chi connectivity index (χ1v) is 7.16. The zero-order valence-corrected chi connectivity index (χ0v) is 11.6. The van der Waals surface area contributed by atoms with Crippen LogP contribution < -0.4 is 9.09 Å². The van der Waals surface area contributed by atoms with Gasteiger partial charge in [-0.1, -0.05) is 6.92 Å². The van der Waals surface area contributed by atoms with Crippen molar-refractivity contribution in [2.75, 3.05) is 6.61 Å². The van der Waals surface area contributed by atoms with Crippen molar-refractivity contribution in [2.45, 2.75) is 13.3 Å². The van der Waals surface area contributed by atoms with Gasteiger partial charge in [-0.2, -0.15) is 0 Å². The van der Waals surface area contributed by atoms with Crippen LogP contribution in [0.4, 0.5) is 0 Å². The predicted octanol–water partition coefficient (Wildman–Crippen LogP) is 2.86. The van der Waals surface area contributed by atoms with E-state index in [1.807, 2.05) is 49.0 Å². The molecule has 18 heavy (non-hydrogen) atoms. The van der Waals surface area contributed by atoms with Crippen molar-refractivity contribution < 1.29 is 18.2 Å². The topological polar surface area (TPSA) is 39.4 Å². The van der Waals surface area contributed by atoms with E-state index in [2.05, 4.69) is 0 Å². The number of nitrogens with zero attached hydrogens (tertiary/aromatic N) is 1. The monoisotopic (exact) mass is 266 g/mol. The number of aromatic nitrogens is 1. The highest BCUT2D eigenvalue weighted by molar-refractivity contribution is 7.33. The van der Waals surface area contributed by atoms with E-state index in [-0.39, 0.29) is 0 Å². The molecule has 1 unspecified atom stereocenters. The van der Waals surface area contributed by atoms with E-state index < -0.39 is 8.25 Å². The maximum atomic E-state index is 11.5. The quantitative estimate of drug-likeness (QED) is 0.617. The van der Waals surface area contributed by atoms with E-state index in [9.17, 15) is 4.57 Å². The van der Waals surface area contributed by atoms with Crippen molar-refractivity contribution in [1.29, 1.82) is 0 Å². The number of benzene rings is 1. The summed E-state index contributed by atoms with van der Waals surface area (Å²) in [7, 11) is -0.483. The van der Waals surface area contributed by atoms with E-state index in [4.69, 9.17) is 9.05 Å². The Morgan fingerprint density at radius 2 is 2.17 bits per heavy atom. The molecule has 0 saturated carbocycles. The average Bonchev–Trinajstić information content (AvgIpc) is 2.37. The molecular formula is C13H17NO3P+. The van der Waals surface area contributed by atoms with E-state index in [0.717, 1.165) is 17.3 Å². The summed E-state index contributed by atoms with van der Waals surface area (Å²) in [6.07, 6.45) is 2.79. The third-order valence-corrected chi connectivity index (χ3v) is 3.43. The average molecular weight is 266 g/mol. The molecule has 5 heteroatoms. The summed E-state index contributed by atoms with van der Waals surface area (Å²) in [5.74, 6) is 0.573. The van der Waals surface area contributed by atoms with Gasteiger partial charge in [-0.15, -0.1) is 0 Å². The summed E-state index contributed by atoms with van der Waals surface area (Å²) in [6, 6.07) is 9.62. The second kappa shape index (κ2) is 5.98. The Morgan fingerprint density at radius 1 is 1.33 bits per heavy atom. The van der Waals surface area contributed by atoms with Crippen molar-refractivity contribution in [3.05, 3.63) is 36.5 Å². The van der Waals surface area contributed by atoms with E-state index in [0.29, 0.717) is 12.4 Å². The van der Waals surface area contributed by atoms with E-state index >= 15 is 0 Å². The van der Waals surface area contributed by atoms with Crippen LogP contribution in [-0.4, -0.2) is 6.61 Å². The van der Waals surface area contributed by atoms with Gasteiger partial charge in [0.2, 0.25) is 5.52 Å². The molecule has 4 nitrogen and oxygen atoms in total. The standard InChI is InChI=1S/C13H17NO3P/c1-3-9-16-18(15)17-12-7-6-11-5-4-8-14(2)13(11)10-12/h4-8,10,18H,3,9H2,1-2H3/q+1. The van der Waals surface area contributed by atoms with Crippen LogP contribution >= 0.6 is 8.25 Å². The van der Waals surface area contributed by atoms with Gasteiger partial charge in [0, 0.05) is 11.5 Å². The molecule has 1 aromatic heterocycles. The summed E-state index contributed by atoms with van der Waals surface area (Å²) >= 11 is 0. The molecule has 96 valence electrons. The summed E-state index contributed by atoms with van der Waals surface area (Å²) in [6.45, 7) is 2.42. The predicted molar refractivity (Wildman–Crippen MR) is 71.0 cm³/mol. The fourth-order valence-electron chi connectivity index (χ4n) is 1.70. The van der Waals surface area contributed by atoms with Gasteiger partial charge < -0.3 is 9.05 Å². The lowest BCUT2D eigenvalue weighted by atomic mass is 10.2. The molecule has 0 radical (unpaired) electrons. The molecule has 0 spiro atoms. The van der Waals surface area contributed by atoms with Gasteiger partial charge in [0.1, 0.15) is 12.8 Å². The molecule has 0 N–H and O–H groups in total. The fourth-order valence-corrected chi connectivity index (χ4v) is 2.45. The molecule has 0 aliphatic rings. The number of fused-ring (bicyclic) bond motifs is 1. The third kappa shape index (κ3) is 3.09. The second-order valence-electron chi connectivity index (χ2n) is 4.04. The maximum Gasteiger partial charge on any atom is 0.367 e. The minimum Gasteiger partial charge on any atom is -0.426 e. The smallest absolute Gasteiger partial charge is 0.367 e. The minimum absolute atomic E-state index is 0.457. The lowest BCUT2D eigenvalue weighted by Crippen LogP contribution is -2.27. The highest BCUT2D eigenvalue weighted by Gasteiger charge is 2.08. The molecule has 2 rings (SSSR count). The molecule has 0 aliphatic heterocycles. The Labute approximate surface area is 107 Å². The Kier molecular flexibility index (Phi) is 4.34. The zero-order chi connectivity index (χ0) is 13.0. The highest BCUT2D eigenvalue weighted by atomic mass is 31.1. The molecule has 1 heterocycles. The molecule has 2 aromatic rings. The number of aryl methyl sites for hydroxylation is 1. The van der Waals surface area contributed by atoms with Crippen LogP contribution in [0.25, 0.3) is 10.9 Å². The van der Waals surface area contributed by atoms with Crippen LogP contribution in [0.3, 0.4) is 0 Å². The van der Waals surface area contributed by atoms with Crippen molar-refractivity contribution >= 4 is 19.2 Å².